The van der Waals surface area contributed by atoms with E-state index in [1.165, 1.54) is 4.31 Å². The summed E-state index contributed by atoms with van der Waals surface area (Å²) in [5.74, 6) is -0.105. The van der Waals surface area contributed by atoms with E-state index < -0.39 is 10.0 Å². The maximum atomic E-state index is 13.2. The Morgan fingerprint density at radius 2 is 1.63 bits per heavy atom. The molecular weight excluding hydrogens is 462 g/mol. The molecule has 0 unspecified atom stereocenters. The van der Waals surface area contributed by atoms with Gasteiger partial charge in [-0.15, -0.1) is 0 Å². The van der Waals surface area contributed by atoms with Crippen molar-refractivity contribution in [1.29, 1.82) is 0 Å². The third kappa shape index (κ3) is 4.94. The van der Waals surface area contributed by atoms with Crippen LogP contribution in [0.1, 0.15) is 31.2 Å². The molecule has 0 bridgehead atoms. The Kier molecular flexibility index (Phi) is 6.58. The lowest BCUT2D eigenvalue weighted by atomic mass is 9.97. The van der Waals surface area contributed by atoms with Crippen molar-refractivity contribution >= 4 is 38.3 Å². The van der Waals surface area contributed by atoms with Crippen molar-refractivity contribution in [2.75, 3.05) is 24.5 Å². The monoisotopic (exact) mass is 491 g/mol. The van der Waals surface area contributed by atoms with Gasteiger partial charge in [0.25, 0.3) is 0 Å². The number of carbonyl (C=O) groups is 2. The number of anilines is 1. The van der Waals surface area contributed by atoms with Crippen molar-refractivity contribution in [3.63, 3.8) is 0 Å². The van der Waals surface area contributed by atoms with E-state index in [1.807, 2.05) is 54.6 Å². The first-order valence-corrected chi connectivity index (χ1v) is 13.5. The molecule has 2 aliphatic heterocycles. The van der Waals surface area contributed by atoms with Crippen LogP contribution in [0.4, 0.5) is 5.69 Å². The zero-order valence-electron chi connectivity index (χ0n) is 19.5. The fourth-order valence-electron chi connectivity index (χ4n) is 4.88. The van der Waals surface area contributed by atoms with Gasteiger partial charge in [0.15, 0.2) is 0 Å². The average Bonchev–Trinajstić information content (AvgIpc) is 3.33. The lowest BCUT2D eigenvalue weighted by Crippen LogP contribution is -2.42. The van der Waals surface area contributed by atoms with E-state index in [4.69, 9.17) is 0 Å². The van der Waals surface area contributed by atoms with Crippen LogP contribution in [0.3, 0.4) is 0 Å². The number of carbonyl (C=O) groups excluding carboxylic acids is 2. The predicted molar refractivity (Wildman–Crippen MR) is 135 cm³/mol. The van der Waals surface area contributed by atoms with Gasteiger partial charge in [0, 0.05) is 44.2 Å². The van der Waals surface area contributed by atoms with Crippen molar-refractivity contribution in [1.82, 2.24) is 9.62 Å². The Bertz CT molecular complexity index is 1350. The van der Waals surface area contributed by atoms with Gasteiger partial charge in [-0.1, -0.05) is 42.5 Å². The van der Waals surface area contributed by atoms with Crippen molar-refractivity contribution < 1.29 is 18.0 Å². The van der Waals surface area contributed by atoms with Gasteiger partial charge in [-0.05, 0) is 59.9 Å². The first-order valence-electron chi connectivity index (χ1n) is 12.1. The minimum atomic E-state index is -3.60. The van der Waals surface area contributed by atoms with E-state index in [-0.39, 0.29) is 22.6 Å². The van der Waals surface area contributed by atoms with E-state index in [9.17, 15) is 18.0 Å². The fraction of sp³-hybridized carbons (Fsp3) is 0.333. The van der Waals surface area contributed by atoms with Crippen molar-refractivity contribution in [3.8, 4) is 0 Å². The van der Waals surface area contributed by atoms with Crippen LogP contribution < -0.4 is 10.2 Å². The number of hydrogen-bond donors (Lipinski definition) is 1. The molecule has 0 radical (unpaired) electrons. The fourth-order valence-corrected chi connectivity index (χ4v) is 6.39. The molecule has 0 aliphatic carbocycles. The Balaban J connectivity index is 1.15. The molecule has 35 heavy (non-hydrogen) atoms. The average molecular weight is 492 g/mol. The number of hydrogen-bond acceptors (Lipinski definition) is 4. The highest BCUT2D eigenvalue weighted by Crippen LogP contribution is 2.27. The Labute approximate surface area is 205 Å². The molecule has 2 heterocycles. The van der Waals surface area contributed by atoms with Crippen molar-refractivity contribution in [3.05, 3.63) is 72.3 Å². The number of benzene rings is 3. The highest BCUT2D eigenvalue weighted by atomic mass is 32.2. The smallest absolute Gasteiger partial charge is 0.243 e. The minimum absolute atomic E-state index is 0.0495. The summed E-state index contributed by atoms with van der Waals surface area (Å²) in [6.07, 6.45) is 2.47. The van der Waals surface area contributed by atoms with Crippen LogP contribution in [-0.4, -0.2) is 44.2 Å². The second kappa shape index (κ2) is 9.79. The van der Waals surface area contributed by atoms with E-state index in [0.717, 1.165) is 35.0 Å². The standard InChI is InChI=1S/C27H29N3O4S/c31-26-6-3-15-30(26)24-10-7-20(8-11-24)19-28-27(32)22-13-16-29(17-14-22)35(33,34)25-12-9-21-4-1-2-5-23(21)18-25/h1-2,4-5,7-12,18,22H,3,6,13-17,19H2,(H,28,32). The molecule has 182 valence electrons. The van der Waals surface area contributed by atoms with Gasteiger partial charge < -0.3 is 10.2 Å². The van der Waals surface area contributed by atoms with E-state index in [1.54, 1.807) is 17.0 Å². The van der Waals surface area contributed by atoms with Gasteiger partial charge >= 0.3 is 0 Å². The largest absolute Gasteiger partial charge is 0.352 e. The summed E-state index contributed by atoms with van der Waals surface area (Å²) in [5.41, 5.74) is 1.85. The van der Waals surface area contributed by atoms with Crippen LogP contribution in [0.5, 0.6) is 0 Å². The Morgan fingerprint density at radius 3 is 2.31 bits per heavy atom. The van der Waals surface area contributed by atoms with Crippen LogP contribution in [0.2, 0.25) is 0 Å². The number of amides is 2. The molecule has 8 heteroatoms. The van der Waals surface area contributed by atoms with Gasteiger partial charge in [-0.3, -0.25) is 9.59 Å². The van der Waals surface area contributed by atoms with Gasteiger partial charge in [0.2, 0.25) is 21.8 Å². The van der Waals surface area contributed by atoms with E-state index in [2.05, 4.69) is 5.32 Å². The number of sulfonamides is 1. The molecule has 7 nitrogen and oxygen atoms in total. The SMILES string of the molecule is O=C(NCc1ccc(N2CCCC2=O)cc1)C1CCN(S(=O)(=O)c2ccc3ccccc3c2)CC1. The molecule has 3 aromatic rings. The highest BCUT2D eigenvalue weighted by Gasteiger charge is 2.32. The van der Waals surface area contributed by atoms with E-state index in [0.29, 0.717) is 38.9 Å². The maximum absolute atomic E-state index is 13.2. The third-order valence-corrected chi connectivity index (χ3v) is 8.87. The number of piperidine rings is 1. The normalized spacial score (nSPS) is 17.7. The van der Waals surface area contributed by atoms with Gasteiger partial charge in [0.05, 0.1) is 4.90 Å². The molecule has 0 saturated carbocycles. The summed E-state index contributed by atoms with van der Waals surface area (Å²) < 4.78 is 27.8. The first-order chi connectivity index (χ1) is 16.9. The predicted octanol–water partition coefficient (Wildman–Crippen LogP) is 3.68. The molecule has 5 rings (SSSR count). The molecule has 2 aliphatic rings. The van der Waals surface area contributed by atoms with Gasteiger partial charge in [-0.25, -0.2) is 8.42 Å². The maximum Gasteiger partial charge on any atom is 0.243 e. The van der Waals surface area contributed by atoms with Gasteiger partial charge in [-0.2, -0.15) is 4.31 Å². The summed E-state index contributed by atoms with van der Waals surface area (Å²) in [6, 6.07) is 20.6. The second-order valence-corrected chi connectivity index (χ2v) is 11.2. The summed E-state index contributed by atoms with van der Waals surface area (Å²) >= 11 is 0. The summed E-state index contributed by atoms with van der Waals surface area (Å²) in [5, 5.41) is 4.88. The molecule has 0 aromatic heterocycles. The van der Waals surface area contributed by atoms with Crippen molar-refractivity contribution in [2.24, 2.45) is 5.92 Å². The Hall–Kier alpha value is -3.23. The molecule has 3 aromatic carbocycles. The molecule has 2 amide bonds. The summed E-state index contributed by atoms with van der Waals surface area (Å²) in [6.45, 7) is 1.81. The topological polar surface area (TPSA) is 86.8 Å². The third-order valence-electron chi connectivity index (χ3n) is 6.97. The molecule has 2 fully saturated rings. The van der Waals surface area contributed by atoms with Crippen LogP contribution in [0.15, 0.2) is 71.6 Å². The number of fused-ring (bicyclic) bond motifs is 1. The summed E-state index contributed by atoms with van der Waals surface area (Å²) in [7, 11) is -3.60. The zero-order valence-corrected chi connectivity index (χ0v) is 20.3. The minimum Gasteiger partial charge on any atom is -0.352 e. The van der Waals surface area contributed by atoms with Crippen LogP contribution >= 0.6 is 0 Å². The van der Waals surface area contributed by atoms with Crippen LogP contribution in [0, 0.1) is 5.92 Å². The van der Waals surface area contributed by atoms with Gasteiger partial charge in [0.1, 0.15) is 0 Å². The number of nitrogens with one attached hydrogen (secondary N) is 1. The van der Waals surface area contributed by atoms with Crippen LogP contribution in [0.25, 0.3) is 10.8 Å². The first kappa shape index (κ1) is 23.5. The van der Waals surface area contributed by atoms with Crippen molar-refractivity contribution in [2.45, 2.75) is 37.1 Å². The molecule has 1 N–H and O–H groups in total. The molecule has 2 saturated heterocycles. The lowest BCUT2D eigenvalue weighted by molar-refractivity contribution is -0.126. The van der Waals surface area contributed by atoms with Crippen LogP contribution in [-0.2, 0) is 26.2 Å². The number of rotatable bonds is 6. The summed E-state index contributed by atoms with van der Waals surface area (Å²) in [4.78, 5) is 26.7. The quantitative estimate of drug-likeness (QED) is 0.570. The zero-order chi connectivity index (χ0) is 24.4. The molecule has 0 atom stereocenters. The molecular formula is C27H29N3O4S. The second-order valence-electron chi connectivity index (χ2n) is 9.22. The highest BCUT2D eigenvalue weighted by molar-refractivity contribution is 7.89. The lowest BCUT2D eigenvalue weighted by Gasteiger charge is -2.30. The Morgan fingerprint density at radius 1 is 0.914 bits per heavy atom. The number of nitrogens with zero attached hydrogens (tertiary/aromatic N) is 2. The van der Waals surface area contributed by atoms with E-state index >= 15 is 0 Å². The molecule has 0 spiro atoms.